The van der Waals surface area contributed by atoms with Gasteiger partial charge in [0.1, 0.15) is 5.82 Å². The third-order valence-corrected chi connectivity index (χ3v) is 2.21. The molecule has 0 fully saturated rings. The predicted molar refractivity (Wildman–Crippen MR) is 64.4 cm³/mol. The molecule has 1 aromatic carbocycles. The number of halogens is 1. The van der Waals surface area contributed by atoms with Gasteiger partial charge in [-0.05, 0) is 43.3 Å². The van der Waals surface area contributed by atoms with Crippen molar-refractivity contribution in [3.05, 3.63) is 35.6 Å². The molecule has 0 unspecified atom stereocenters. The minimum atomic E-state index is -0.193. The maximum Gasteiger partial charge on any atom is 0.166 e. The first-order valence-corrected chi connectivity index (χ1v) is 5.39. The Kier molecular flexibility index (Phi) is 5.04. The maximum absolute atomic E-state index is 12.8. The molecule has 2 nitrogen and oxygen atoms in total. The van der Waals surface area contributed by atoms with Crippen LogP contribution in [0.25, 0.3) is 0 Å². The summed E-state index contributed by atoms with van der Waals surface area (Å²) in [6, 6.07) is 6.60. The zero-order valence-corrected chi connectivity index (χ0v) is 9.53. The van der Waals surface area contributed by atoms with E-state index in [2.05, 4.69) is 10.6 Å². The summed E-state index contributed by atoms with van der Waals surface area (Å²) in [6.45, 7) is 3.52. The van der Waals surface area contributed by atoms with Crippen LogP contribution in [0.15, 0.2) is 24.3 Å². The highest BCUT2D eigenvalue weighted by molar-refractivity contribution is 7.80. The van der Waals surface area contributed by atoms with Crippen molar-refractivity contribution in [2.24, 2.45) is 0 Å². The SMILES string of the molecule is CCNC(=S)NCCc1cccc(F)c1. The van der Waals surface area contributed by atoms with E-state index in [4.69, 9.17) is 12.2 Å². The smallest absolute Gasteiger partial charge is 0.166 e. The van der Waals surface area contributed by atoms with Crippen LogP contribution in [0.3, 0.4) is 0 Å². The molecule has 0 aliphatic carbocycles. The summed E-state index contributed by atoms with van der Waals surface area (Å²) >= 11 is 5.00. The van der Waals surface area contributed by atoms with Crippen LogP contribution in [0.1, 0.15) is 12.5 Å². The van der Waals surface area contributed by atoms with Gasteiger partial charge in [-0.25, -0.2) is 4.39 Å². The molecule has 0 spiro atoms. The second-order valence-corrected chi connectivity index (χ2v) is 3.57. The van der Waals surface area contributed by atoms with E-state index in [-0.39, 0.29) is 5.82 Å². The number of nitrogens with one attached hydrogen (secondary N) is 2. The van der Waals surface area contributed by atoms with Gasteiger partial charge in [0.15, 0.2) is 5.11 Å². The average Bonchev–Trinajstić information content (AvgIpc) is 2.18. The minimum Gasteiger partial charge on any atom is -0.363 e. The summed E-state index contributed by atoms with van der Waals surface area (Å²) in [5.41, 5.74) is 0.974. The van der Waals surface area contributed by atoms with Crippen LogP contribution >= 0.6 is 12.2 Å². The van der Waals surface area contributed by atoms with Crippen molar-refractivity contribution in [2.45, 2.75) is 13.3 Å². The molecule has 15 heavy (non-hydrogen) atoms. The van der Waals surface area contributed by atoms with Crippen LogP contribution in [-0.2, 0) is 6.42 Å². The largest absolute Gasteiger partial charge is 0.363 e. The summed E-state index contributed by atoms with van der Waals surface area (Å²) in [5.74, 6) is -0.193. The molecule has 0 saturated carbocycles. The molecule has 1 rings (SSSR count). The lowest BCUT2D eigenvalue weighted by Crippen LogP contribution is -2.36. The summed E-state index contributed by atoms with van der Waals surface area (Å²) in [5, 5.41) is 6.69. The predicted octanol–water partition coefficient (Wildman–Crippen LogP) is 1.85. The number of benzene rings is 1. The van der Waals surface area contributed by atoms with Gasteiger partial charge in [-0.3, -0.25) is 0 Å². The molecular formula is C11H15FN2S. The standard InChI is InChI=1S/C11H15FN2S/c1-2-13-11(15)14-7-6-9-4-3-5-10(12)8-9/h3-5,8H,2,6-7H2,1H3,(H2,13,14,15). The fourth-order valence-electron chi connectivity index (χ4n) is 1.24. The molecule has 0 atom stereocenters. The second kappa shape index (κ2) is 6.35. The van der Waals surface area contributed by atoms with Crippen LogP contribution in [0.2, 0.25) is 0 Å². The van der Waals surface area contributed by atoms with Crippen molar-refractivity contribution >= 4 is 17.3 Å². The third kappa shape index (κ3) is 4.74. The Bertz CT molecular complexity index is 328. The van der Waals surface area contributed by atoms with Gasteiger partial charge in [-0.1, -0.05) is 12.1 Å². The monoisotopic (exact) mass is 226 g/mol. The van der Waals surface area contributed by atoms with Crippen LogP contribution in [0.5, 0.6) is 0 Å². The van der Waals surface area contributed by atoms with Gasteiger partial charge < -0.3 is 10.6 Å². The Morgan fingerprint density at radius 2 is 2.20 bits per heavy atom. The van der Waals surface area contributed by atoms with Gasteiger partial charge in [0.25, 0.3) is 0 Å². The lowest BCUT2D eigenvalue weighted by Gasteiger charge is -2.08. The van der Waals surface area contributed by atoms with Crippen molar-refractivity contribution < 1.29 is 4.39 Å². The Hall–Kier alpha value is -1.16. The normalized spacial score (nSPS) is 9.73. The molecule has 0 radical (unpaired) electrons. The molecule has 2 N–H and O–H groups in total. The van der Waals surface area contributed by atoms with E-state index in [1.165, 1.54) is 12.1 Å². The molecule has 0 aromatic heterocycles. The number of hydrogen-bond donors (Lipinski definition) is 2. The van der Waals surface area contributed by atoms with Crippen molar-refractivity contribution in [3.63, 3.8) is 0 Å². The van der Waals surface area contributed by atoms with Gasteiger partial charge in [0.05, 0.1) is 0 Å². The topological polar surface area (TPSA) is 24.1 Å². The number of hydrogen-bond acceptors (Lipinski definition) is 1. The van der Waals surface area contributed by atoms with E-state index in [9.17, 15) is 4.39 Å². The summed E-state index contributed by atoms with van der Waals surface area (Å²) in [4.78, 5) is 0. The highest BCUT2D eigenvalue weighted by Crippen LogP contribution is 2.03. The quantitative estimate of drug-likeness (QED) is 0.766. The Morgan fingerprint density at radius 3 is 2.87 bits per heavy atom. The van der Waals surface area contributed by atoms with Crippen LogP contribution in [0.4, 0.5) is 4.39 Å². The molecule has 4 heteroatoms. The van der Waals surface area contributed by atoms with Gasteiger partial charge in [0.2, 0.25) is 0 Å². The molecule has 0 saturated heterocycles. The maximum atomic E-state index is 12.8. The fraction of sp³-hybridized carbons (Fsp3) is 0.364. The van der Waals surface area contributed by atoms with E-state index in [0.717, 1.165) is 25.1 Å². The lowest BCUT2D eigenvalue weighted by atomic mass is 10.1. The summed E-state index contributed by atoms with van der Waals surface area (Å²) in [7, 11) is 0. The molecular weight excluding hydrogens is 211 g/mol. The van der Waals surface area contributed by atoms with E-state index < -0.39 is 0 Å². The Balaban J connectivity index is 2.28. The zero-order valence-electron chi connectivity index (χ0n) is 8.72. The number of rotatable bonds is 4. The van der Waals surface area contributed by atoms with Gasteiger partial charge >= 0.3 is 0 Å². The first-order valence-electron chi connectivity index (χ1n) is 4.98. The van der Waals surface area contributed by atoms with Crippen molar-refractivity contribution in [1.29, 1.82) is 0 Å². The molecule has 0 amide bonds. The second-order valence-electron chi connectivity index (χ2n) is 3.17. The third-order valence-electron chi connectivity index (χ3n) is 1.93. The summed E-state index contributed by atoms with van der Waals surface area (Å²) in [6.07, 6.45) is 0.767. The van der Waals surface area contributed by atoms with Crippen molar-refractivity contribution in [1.82, 2.24) is 10.6 Å². The van der Waals surface area contributed by atoms with E-state index in [0.29, 0.717) is 5.11 Å². The van der Waals surface area contributed by atoms with E-state index in [1.54, 1.807) is 6.07 Å². The highest BCUT2D eigenvalue weighted by atomic mass is 32.1. The first kappa shape index (κ1) is 11.9. The van der Waals surface area contributed by atoms with E-state index >= 15 is 0 Å². The highest BCUT2D eigenvalue weighted by Gasteiger charge is 1.96. The van der Waals surface area contributed by atoms with Crippen molar-refractivity contribution in [2.75, 3.05) is 13.1 Å². The molecule has 1 aromatic rings. The Labute approximate surface area is 94.9 Å². The Morgan fingerprint density at radius 1 is 1.40 bits per heavy atom. The van der Waals surface area contributed by atoms with Crippen molar-refractivity contribution in [3.8, 4) is 0 Å². The molecule has 0 heterocycles. The van der Waals surface area contributed by atoms with Gasteiger partial charge in [0, 0.05) is 13.1 Å². The van der Waals surface area contributed by atoms with Crippen LogP contribution in [0, 0.1) is 5.82 Å². The van der Waals surface area contributed by atoms with Crippen LogP contribution in [-0.4, -0.2) is 18.2 Å². The molecule has 0 bridgehead atoms. The lowest BCUT2D eigenvalue weighted by molar-refractivity contribution is 0.625. The van der Waals surface area contributed by atoms with Gasteiger partial charge in [-0.2, -0.15) is 0 Å². The molecule has 0 aliphatic heterocycles. The number of thiocarbonyl (C=S) groups is 1. The van der Waals surface area contributed by atoms with Gasteiger partial charge in [-0.15, -0.1) is 0 Å². The van der Waals surface area contributed by atoms with E-state index in [1.807, 2.05) is 13.0 Å². The summed E-state index contributed by atoms with van der Waals surface area (Å²) < 4.78 is 12.8. The fourth-order valence-corrected chi connectivity index (χ4v) is 1.48. The zero-order chi connectivity index (χ0) is 11.1. The first-order chi connectivity index (χ1) is 7.22. The average molecular weight is 226 g/mol. The molecule has 0 aliphatic rings. The van der Waals surface area contributed by atoms with Crippen LogP contribution < -0.4 is 10.6 Å². The molecule has 82 valence electrons. The minimum absolute atomic E-state index is 0.193.